The average Bonchev–Trinajstić information content (AvgIpc) is 2.75. The minimum absolute atomic E-state index is 0.725. The van der Waals surface area contributed by atoms with Gasteiger partial charge in [-0.1, -0.05) is 12.1 Å². The van der Waals surface area contributed by atoms with Gasteiger partial charge in [-0.05, 0) is 30.3 Å². The van der Waals surface area contributed by atoms with Gasteiger partial charge in [-0.3, -0.25) is 0 Å². The molecule has 4 nitrogen and oxygen atoms in total. The number of nitrogens with two attached hydrogens (primary N) is 1. The van der Waals surface area contributed by atoms with Gasteiger partial charge in [0.05, 0.1) is 18.1 Å². The number of hydrogen-bond acceptors (Lipinski definition) is 3. The highest BCUT2D eigenvalue weighted by atomic mass is 16.5. The van der Waals surface area contributed by atoms with E-state index in [1.807, 2.05) is 49.5 Å². The first-order valence-electron chi connectivity index (χ1n) is 6.05. The third kappa shape index (κ3) is 1.91. The number of aromatic nitrogens is 2. The molecule has 0 saturated carbocycles. The standard InChI is InChI=1S/C15H15N3O/c1-18-14-7-6-11(16)9-13(14)17-15(18)10-4-3-5-12(8-10)19-2/h3-9H,16H2,1-2H3. The van der Waals surface area contributed by atoms with Crippen LogP contribution in [-0.2, 0) is 7.05 Å². The molecule has 0 atom stereocenters. The fourth-order valence-electron chi connectivity index (χ4n) is 2.24. The van der Waals surface area contributed by atoms with E-state index in [4.69, 9.17) is 10.5 Å². The minimum atomic E-state index is 0.725. The molecule has 0 aliphatic rings. The summed E-state index contributed by atoms with van der Waals surface area (Å²) >= 11 is 0. The molecule has 0 spiro atoms. The molecular formula is C15H15N3O. The van der Waals surface area contributed by atoms with Crippen LogP contribution in [0.15, 0.2) is 42.5 Å². The molecule has 4 heteroatoms. The zero-order chi connectivity index (χ0) is 13.4. The molecule has 0 radical (unpaired) electrons. The monoisotopic (exact) mass is 253 g/mol. The lowest BCUT2D eigenvalue weighted by atomic mass is 10.2. The highest BCUT2D eigenvalue weighted by molar-refractivity contribution is 5.83. The third-order valence-corrected chi connectivity index (χ3v) is 3.23. The van der Waals surface area contributed by atoms with Crippen LogP contribution in [0, 0.1) is 0 Å². The van der Waals surface area contributed by atoms with Crippen LogP contribution < -0.4 is 10.5 Å². The van der Waals surface area contributed by atoms with Crippen LogP contribution in [0.25, 0.3) is 22.4 Å². The Morgan fingerprint density at radius 3 is 2.79 bits per heavy atom. The summed E-state index contributed by atoms with van der Waals surface area (Å²) in [6.07, 6.45) is 0. The van der Waals surface area contributed by atoms with Crippen molar-refractivity contribution in [2.45, 2.75) is 0 Å². The number of nitrogens with zero attached hydrogens (tertiary/aromatic N) is 2. The molecule has 19 heavy (non-hydrogen) atoms. The summed E-state index contributed by atoms with van der Waals surface area (Å²) in [5, 5.41) is 0. The van der Waals surface area contributed by atoms with Crippen LogP contribution in [0.5, 0.6) is 5.75 Å². The normalized spacial score (nSPS) is 10.8. The van der Waals surface area contributed by atoms with E-state index in [0.717, 1.165) is 33.9 Å². The molecule has 96 valence electrons. The molecule has 1 heterocycles. The number of aryl methyl sites for hydroxylation is 1. The van der Waals surface area contributed by atoms with E-state index in [1.165, 1.54) is 0 Å². The second-order valence-corrected chi connectivity index (χ2v) is 4.47. The lowest BCUT2D eigenvalue weighted by Gasteiger charge is -2.04. The number of anilines is 1. The SMILES string of the molecule is COc1cccc(-c2nc3cc(N)ccc3n2C)c1. The van der Waals surface area contributed by atoms with Crippen molar-refractivity contribution in [1.29, 1.82) is 0 Å². The second kappa shape index (κ2) is 4.31. The number of nitrogen functional groups attached to an aromatic ring is 1. The number of hydrogen-bond donors (Lipinski definition) is 1. The topological polar surface area (TPSA) is 53.1 Å². The second-order valence-electron chi connectivity index (χ2n) is 4.47. The fraction of sp³-hybridized carbons (Fsp3) is 0.133. The van der Waals surface area contributed by atoms with Gasteiger partial charge in [0.1, 0.15) is 11.6 Å². The van der Waals surface area contributed by atoms with E-state index in [9.17, 15) is 0 Å². The number of rotatable bonds is 2. The van der Waals surface area contributed by atoms with Crippen LogP contribution >= 0.6 is 0 Å². The van der Waals surface area contributed by atoms with E-state index in [0.29, 0.717) is 0 Å². The summed E-state index contributed by atoms with van der Waals surface area (Å²) in [5.74, 6) is 1.73. The van der Waals surface area contributed by atoms with Gasteiger partial charge in [-0.2, -0.15) is 0 Å². The Morgan fingerprint density at radius 2 is 2.00 bits per heavy atom. The average molecular weight is 253 g/mol. The minimum Gasteiger partial charge on any atom is -0.497 e. The van der Waals surface area contributed by atoms with Crippen LogP contribution in [0.4, 0.5) is 5.69 Å². The molecule has 0 saturated heterocycles. The maximum atomic E-state index is 5.80. The maximum absolute atomic E-state index is 5.80. The van der Waals surface area contributed by atoms with Crippen molar-refractivity contribution >= 4 is 16.7 Å². The van der Waals surface area contributed by atoms with Gasteiger partial charge < -0.3 is 15.0 Å². The summed E-state index contributed by atoms with van der Waals surface area (Å²) in [4.78, 5) is 4.65. The first kappa shape index (κ1) is 11.6. The lowest BCUT2D eigenvalue weighted by Crippen LogP contribution is -1.93. The van der Waals surface area contributed by atoms with E-state index < -0.39 is 0 Å². The summed E-state index contributed by atoms with van der Waals surface area (Å²) in [6, 6.07) is 13.6. The smallest absolute Gasteiger partial charge is 0.140 e. The quantitative estimate of drug-likeness (QED) is 0.714. The van der Waals surface area contributed by atoms with Crippen LogP contribution in [0.3, 0.4) is 0 Å². The van der Waals surface area contributed by atoms with Crippen LogP contribution in [-0.4, -0.2) is 16.7 Å². The molecule has 3 rings (SSSR count). The molecule has 3 aromatic rings. The zero-order valence-corrected chi connectivity index (χ0v) is 10.9. The van der Waals surface area contributed by atoms with Crippen molar-refractivity contribution in [3.05, 3.63) is 42.5 Å². The van der Waals surface area contributed by atoms with Crippen LogP contribution in [0.2, 0.25) is 0 Å². The van der Waals surface area contributed by atoms with Crippen LogP contribution in [0.1, 0.15) is 0 Å². The molecule has 0 bridgehead atoms. The molecule has 0 amide bonds. The van der Waals surface area contributed by atoms with Gasteiger partial charge >= 0.3 is 0 Å². The summed E-state index contributed by atoms with van der Waals surface area (Å²) < 4.78 is 7.31. The van der Waals surface area contributed by atoms with E-state index in [-0.39, 0.29) is 0 Å². The van der Waals surface area contributed by atoms with Gasteiger partial charge in [-0.15, -0.1) is 0 Å². The van der Waals surface area contributed by atoms with E-state index in [2.05, 4.69) is 9.55 Å². The molecule has 0 fully saturated rings. The Hall–Kier alpha value is -2.49. The third-order valence-electron chi connectivity index (χ3n) is 3.23. The maximum Gasteiger partial charge on any atom is 0.140 e. The molecular weight excluding hydrogens is 238 g/mol. The van der Waals surface area contributed by atoms with Gasteiger partial charge in [0.15, 0.2) is 0 Å². The summed E-state index contributed by atoms with van der Waals surface area (Å²) in [7, 11) is 3.66. The largest absolute Gasteiger partial charge is 0.497 e. The molecule has 0 aliphatic carbocycles. The summed E-state index contributed by atoms with van der Waals surface area (Å²) in [6.45, 7) is 0. The molecule has 1 aromatic heterocycles. The first-order valence-corrected chi connectivity index (χ1v) is 6.05. The van der Waals surface area contributed by atoms with E-state index >= 15 is 0 Å². The Labute approximate surface area is 111 Å². The van der Waals surface area contributed by atoms with Crippen molar-refractivity contribution in [3.8, 4) is 17.1 Å². The number of imidazole rings is 1. The highest BCUT2D eigenvalue weighted by Crippen LogP contribution is 2.27. The highest BCUT2D eigenvalue weighted by Gasteiger charge is 2.10. The summed E-state index contributed by atoms with van der Waals surface area (Å²) in [5.41, 5.74) is 9.51. The Bertz CT molecular complexity index is 746. The molecule has 0 aliphatic heterocycles. The van der Waals surface area contributed by atoms with Crippen molar-refractivity contribution in [2.75, 3.05) is 12.8 Å². The predicted octanol–water partition coefficient (Wildman–Crippen LogP) is 2.83. The van der Waals surface area contributed by atoms with Crippen molar-refractivity contribution in [1.82, 2.24) is 9.55 Å². The Morgan fingerprint density at radius 1 is 1.16 bits per heavy atom. The van der Waals surface area contributed by atoms with Crippen molar-refractivity contribution < 1.29 is 4.74 Å². The number of fused-ring (bicyclic) bond motifs is 1. The zero-order valence-electron chi connectivity index (χ0n) is 10.9. The number of ether oxygens (including phenoxy) is 1. The first-order chi connectivity index (χ1) is 9.19. The predicted molar refractivity (Wildman–Crippen MR) is 77.1 cm³/mol. The Kier molecular flexibility index (Phi) is 2.63. The van der Waals surface area contributed by atoms with Crippen molar-refractivity contribution in [2.24, 2.45) is 7.05 Å². The lowest BCUT2D eigenvalue weighted by molar-refractivity contribution is 0.415. The van der Waals surface area contributed by atoms with Gasteiger partial charge in [0.2, 0.25) is 0 Å². The van der Waals surface area contributed by atoms with Crippen molar-refractivity contribution in [3.63, 3.8) is 0 Å². The molecule has 0 unspecified atom stereocenters. The van der Waals surface area contributed by atoms with Gasteiger partial charge in [-0.25, -0.2) is 4.98 Å². The van der Waals surface area contributed by atoms with E-state index in [1.54, 1.807) is 7.11 Å². The number of benzene rings is 2. The Balaban J connectivity index is 2.21. The molecule has 2 N–H and O–H groups in total. The number of methoxy groups -OCH3 is 1. The molecule has 2 aromatic carbocycles. The van der Waals surface area contributed by atoms with Gasteiger partial charge in [0.25, 0.3) is 0 Å². The fourth-order valence-corrected chi connectivity index (χ4v) is 2.24. The van der Waals surface area contributed by atoms with Gasteiger partial charge in [0, 0.05) is 18.3 Å².